The molecule has 34 heavy (non-hydrogen) atoms. The summed E-state index contributed by atoms with van der Waals surface area (Å²) < 4.78 is 5.54. The fraction of sp³-hybridized carbons (Fsp3) is 0.296. The summed E-state index contributed by atoms with van der Waals surface area (Å²) in [5, 5.41) is 5.59. The van der Waals surface area contributed by atoms with Gasteiger partial charge in [-0.25, -0.2) is 4.79 Å². The lowest BCUT2D eigenvalue weighted by Crippen LogP contribution is -2.43. The molecule has 1 atom stereocenters. The van der Waals surface area contributed by atoms with Gasteiger partial charge in [0.05, 0.1) is 0 Å². The zero-order valence-electron chi connectivity index (χ0n) is 19.6. The predicted molar refractivity (Wildman–Crippen MR) is 128 cm³/mol. The summed E-state index contributed by atoms with van der Waals surface area (Å²) in [6.07, 6.45) is 0.686. The van der Waals surface area contributed by atoms with E-state index in [1.54, 1.807) is 26.8 Å². The van der Waals surface area contributed by atoms with Crippen LogP contribution in [0.15, 0.2) is 71.1 Å². The number of aryl methyl sites for hydroxylation is 2. The Morgan fingerprint density at radius 1 is 1.03 bits per heavy atom. The van der Waals surface area contributed by atoms with Crippen LogP contribution in [-0.2, 0) is 15.1 Å². The van der Waals surface area contributed by atoms with E-state index in [9.17, 15) is 14.4 Å². The molecule has 1 aromatic heterocycles. The Bertz CT molecular complexity index is 1150. The van der Waals surface area contributed by atoms with Crippen molar-refractivity contribution in [1.29, 1.82) is 0 Å². The minimum absolute atomic E-state index is 0.120. The first kappa shape index (κ1) is 23.3. The third kappa shape index (κ3) is 4.59. The van der Waals surface area contributed by atoms with Crippen molar-refractivity contribution in [3.8, 4) is 0 Å². The smallest absolute Gasteiger partial charge is 0.325 e. The van der Waals surface area contributed by atoms with Gasteiger partial charge in [0.2, 0.25) is 5.91 Å². The van der Waals surface area contributed by atoms with E-state index in [0.717, 1.165) is 4.90 Å². The summed E-state index contributed by atoms with van der Waals surface area (Å²) in [4.78, 5) is 39.3. The maximum absolute atomic E-state index is 13.1. The highest BCUT2D eigenvalue weighted by atomic mass is 16.3. The van der Waals surface area contributed by atoms with Gasteiger partial charge in [-0.2, -0.15) is 0 Å². The number of carbonyl (C=O) groups excluding carboxylic acids is 3. The maximum Gasteiger partial charge on any atom is 0.325 e. The molecule has 7 nitrogen and oxygen atoms in total. The molecule has 1 saturated heterocycles. The monoisotopic (exact) mass is 459 g/mol. The maximum atomic E-state index is 13.1. The van der Waals surface area contributed by atoms with Gasteiger partial charge in [-0.3, -0.25) is 14.5 Å². The third-order valence-electron chi connectivity index (χ3n) is 6.32. The second-order valence-electron chi connectivity index (χ2n) is 8.79. The quantitative estimate of drug-likeness (QED) is 0.498. The lowest BCUT2D eigenvalue weighted by molar-refractivity contribution is -0.134. The van der Waals surface area contributed by atoms with Gasteiger partial charge in [-0.15, -0.1) is 0 Å². The van der Waals surface area contributed by atoms with Crippen LogP contribution in [0.25, 0.3) is 0 Å². The van der Waals surface area contributed by atoms with E-state index in [4.69, 9.17) is 4.42 Å². The fourth-order valence-electron chi connectivity index (χ4n) is 4.60. The van der Waals surface area contributed by atoms with Gasteiger partial charge in [0.15, 0.2) is 0 Å². The molecule has 4 rings (SSSR count). The summed E-state index contributed by atoms with van der Waals surface area (Å²) in [6.45, 7) is 5.24. The lowest BCUT2D eigenvalue weighted by atomic mass is 9.88. The highest BCUT2D eigenvalue weighted by molar-refractivity contribution is 6.09. The van der Waals surface area contributed by atoms with Crippen LogP contribution in [0.2, 0.25) is 0 Å². The van der Waals surface area contributed by atoms with Gasteiger partial charge < -0.3 is 15.1 Å². The van der Waals surface area contributed by atoms with Gasteiger partial charge in [0, 0.05) is 18.0 Å². The van der Waals surface area contributed by atoms with Crippen LogP contribution in [0.5, 0.6) is 0 Å². The summed E-state index contributed by atoms with van der Waals surface area (Å²) in [5.41, 5.74) is 1.67. The van der Waals surface area contributed by atoms with E-state index >= 15 is 0 Å². The molecule has 7 heteroatoms. The normalized spacial score (nSPS) is 17.8. The second kappa shape index (κ2) is 9.55. The minimum Gasteiger partial charge on any atom is -0.466 e. The van der Waals surface area contributed by atoms with Gasteiger partial charge in [-0.05, 0) is 44.4 Å². The number of benzene rings is 2. The average molecular weight is 460 g/mol. The molecule has 0 saturated carbocycles. The van der Waals surface area contributed by atoms with E-state index < -0.39 is 17.5 Å². The number of nitrogens with one attached hydrogen (secondary N) is 2. The van der Waals surface area contributed by atoms with Gasteiger partial charge >= 0.3 is 6.03 Å². The first-order chi connectivity index (χ1) is 16.3. The van der Waals surface area contributed by atoms with Gasteiger partial charge in [-0.1, -0.05) is 60.7 Å². The third-order valence-corrected chi connectivity index (χ3v) is 6.32. The number of hydrogen-bond donors (Lipinski definition) is 2. The molecule has 1 aliphatic heterocycles. The summed E-state index contributed by atoms with van der Waals surface area (Å²) in [7, 11) is 0. The van der Waals surface area contributed by atoms with Crippen molar-refractivity contribution in [1.82, 2.24) is 15.5 Å². The molecule has 2 aromatic carbocycles. The zero-order chi connectivity index (χ0) is 24.3. The second-order valence-corrected chi connectivity index (χ2v) is 8.79. The van der Waals surface area contributed by atoms with E-state index in [-0.39, 0.29) is 18.4 Å². The molecule has 0 spiro atoms. The van der Waals surface area contributed by atoms with E-state index in [2.05, 4.69) is 34.9 Å². The Balaban J connectivity index is 1.39. The van der Waals surface area contributed by atoms with E-state index in [1.165, 1.54) is 11.1 Å². The molecule has 176 valence electrons. The Kier molecular flexibility index (Phi) is 6.54. The summed E-state index contributed by atoms with van der Waals surface area (Å²) in [5.74, 6) is 0.483. The highest BCUT2D eigenvalue weighted by Gasteiger charge is 2.51. The van der Waals surface area contributed by atoms with Crippen LogP contribution in [0.1, 0.15) is 47.5 Å². The molecule has 0 radical (unpaired) electrons. The van der Waals surface area contributed by atoms with E-state index in [0.29, 0.717) is 30.0 Å². The zero-order valence-corrected chi connectivity index (χ0v) is 19.6. The van der Waals surface area contributed by atoms with Gasteiger partial charge in [0.25, 0.3) is 5.91 Å². The minimum atomic E-state index is -1.26. The molecule has 0 bridgehead atoms. The van der Waals surface area contributed by atoms with Crippen molar-refractivity contribution < 1.29 is 18.8 Å². The standard InChI is InChI=1S/C27H29N3O4/c1-18-16-23(19(2)34-18)27(3)25(32)30(26(33)29-27)17-24(31)28-15-14-22(20-10-6-4-7-11-20)21-12-8-5-9-13-21/h4-13,16,22H,14-15,17H2,1-3H3,(H,28,31)(H,29,33). The molecule has 1 unspecified atom stereocenters. The SMILES string of the molecule is Cc1cc(C2(C)NC(=O)N(CC(=O)NCCC(c3ccccc3)c3ccccc3)C2=O)c(C)o1. The van der Waals surface area contributed by atoms with Gasteiger partial charge in [0.1, 0.15) is 23.6 Å². The average Bonchev–Trinajstić information content (AvgIpc) is 3.28. The summed E-state index contributed by atoms with van der Waals surface area (Å²) in [6, 6.07) is 21.4. The molecule has 4 amide bonds. The fourth-order valence-corrected chi connectivity index (χ4v) is 4.60. The molecule has 2 heterocycles. The number of nitrogens with zero attached hydrogens (tertiary/aromatic N) is 1. The lowest BCUT2D eigenvalue weighted by Gasteiger charge is -2.21. The van der Waals surface area contributed by atoms with Crippen LogP contribution >= 0.6 is 0 Å². The largest absolute Gasteiger partial charge is 0.466 e. The number of hydrogen-bond acceptors (Lipinski definition) is 4. The molecular formula is C27H29N3O4. The van der Waals surface area contributed by atoms with Crippen molar-refractivity contribution in [3.63, 3.8) is 0 Å². The van der Waals surface area contributed by atoms with Crippen LogP contribution < -0.4 is 10.6 Å². The number of urea groups is 1. The van der Waals surface area contributed by atoms with Crippen molar-refractivity contribution >= 4 is 17.8 Å². The Morgan fingerprint density at radius 2 is 1.62 bits per heavy atom. The first-order valence-corrected chi connectivity index (χ1v) is 11.4. The predicted octanol–water partition coefficient (Wildman–Crippen LogP) is 4.00. The first-order valence-electron chi connectivity index (χ1n) is 11.4. The van der Waals surface area contributed by atoms with Crippen molar-refractivity contribution in [2.45, 2.75) is 38.6 Å². The number of amides is 4. The highest BCUT2D eigenvalue weighted by Crippen LogP contribution is 2.33. The van der Waals surface area contributed by atoms with Crippen LogP contribution in [0, 0.1) is 13.8 Å². The number of imide groups is 1. The van der Waals surface area contributed by atoms with Crippen LogP contribution in [0.4, 0.5) is 4.79 Å². The van der Waals surface area contributed by atoms with Crippen LogP contribution in [0.3, 0.4) is 0 Å². The summed E-state index contributed by atoms with van der Waals surface area (Å²) >= 11 is 0. The number of carbonyl (C=O) groups is 3. The van der Waals surface area contributed by atoms with E-state index in [1.807, 2.05) is 36.4 Å². The number of furan rings is 1. The molecule has 0 aliphatic carbocycles. The molecular weight excluding hydrogens is 430 g/mol. The van der Waals surface area contributed by atoms with Crippen molar-refractivity contribution in [2.75, 3.05) is 13.1 Å². The van der Waals surface area contributed by atoms with Crippen LogP contribution in [-0.4, -0.2) is 35.8 Å². The molecule has 1 aliphatic rings. The van der Waals surface area contributed by atoms with Crippen molar-refractivity contribution in [2.24, 2.45) is 0 Å². The Hall–Kier alpha value is -3.87. The van der Waals surface area contributed by atoms with Crippen molar-refractivity contribution in [3.05, 3.63) is 94.9 Å². The number of rotatable bonds is 8. The molecule has 2 N–H and O–H groups in total. The Labute approximate surface area is 199 Å². The molecule has 1 fully saturated rings. The molecule has 3 aromatic rings. The topological polar surface area (TPSA) is 91.7 Å². The Morgan fingerprint density at radius 3 is 2.15 bits per heavy atom.